The third-order valence-electron chi connectivity index (χ3n) is 4.82. The Morgan fingerprint density at radius 2 is 1.00 bits per heavy atom. The lowest BCUT2D eigenvalue weighted by Crippen LogP contribution is -2.29. The summed E-state index contributed by atoms with van der Waals surface area (Å²) in [5.74, 6) is 0. The Bertz CT molecular complexity index is 258. The van der Waals surface area contributed by atoms with Gasteiger partial charge in [-0.2, -0.15) is 0 Å². The van der Waals surface area contributed by atoms with Crippen LogP contribution in [0.3, 0.4) is 0 Å². The average molecular weight is 354 g/mol. The maximum atomic E-state index is 5.63. The second-order valence-corrected chi connectivity index (χ2v) is 7.36. The second-order valence-electron chi connectivity index (χ2n) is 7.36. The molecule has 0 heterocycles. The smallest absolute Gasteiger partial charge is 0.000671 e. The van der Waals surface area contributed by atoms with Crippen LogP contribution >= 0.6 is 0 Å². The van der Waals surface area contributed by atoms with Crippen LogP contribution in [0.25, 0.3) is 0 Å². The van der Waals surface area contributed by atoms with Gasteiger partial charge in [0.15, 0.2) is 0 Å². The molecule has 0 radical (unpaired) electrons. The normalized spacial score (nSPS) is 11.8. The molecule has 0 aliphatic rings. The van der Waals surface area contributed by atoms with E-state index in [1.807, 2.05) is 0 Å². The Morgan fingerprint density at radius 3 is 1.52 bits per heavy atom. The molecule has 0 aliphatic carbocycles. The second kappa shape index (κ2) is 21.7. The highest BCUT2D eigenvalue weighted by Crippen LogP contribution is 2.11. The van der Waals surface area contributed by atoms with Crippen molar-refractivity contribution in [2.24, 2.45) is 11.5 Å². The molecule has 0 aromatic carbocycles. The lowest BCUT2D eigenvalue weighted by Gasteiger charge is -2.21. The van der Waals surface area contributed by atoms with E-state index in [0.717, 1.165) is 39.0 Å². The third-order valence-corrected chi connectivity index (χ3v) is 4.82. The van der Waals surface area contributed by atoms with Gasteiger partial charge in [0.25, 0.3) is 0 Å². The van der Waals surface area contributed by atoms with Gasteiger partial charge < -0.3 is 16.4 Å². The minimum absolute atomic E-state index is 0.800. The zero-order valence-electron chi connectivity index (χ0n) is 17.2. The fourth-order valence-electron chi connectivity index (χ4n) is 3.20. The number of nitrogens with two attached hydrogens (primary N) is 2. The standard InChI is InChI=1S/C22H47N3/c1-2-3-4-5-6-7-8-9-10-11-12-13-14-15-20-25(21-16-18-23)22-17-19-24/h4-5H,2-3,6-24H2,1H3/b5-4+. The van der Waals surface area contributed by atoms with E-state index in [9.17, 15) is 0 Å². The molecule has 0 saturated carbocycles. The first-order chi connectivity index (χ1) is 12.3. The number of hydrogen-bond donors (Lipinski definition) is 2. The first-order valence-electron chi connectivity index (χ1n) is 11.1. The van der Waals surface area contributed by atoms with Gasteiger partial charge in [-0.1, -0.05) is 70.4 Å². The third kappa shape index (κ3) is 19.8. The van der Waals surface area contributed by atoms with Crippen molar-refractivity contribution in [2.75, 3.05) is 32.7 Å². The van der Waals surface area contributed by atoms with Crippen molar-refractivity contribution in [3.63, 3.8) is 0 Å². The van der Waals surface area contributed by atoms with E-state index in [4.69, 9.17) is 11.5 Å². The molecule has 0 rings (SSSR count). The first-order valence-corrected chi connectivity index (χ1v) is 11.1. The number of hydrogen-bond acceptors (Lipinski definition) is 3. The Kier molecular flexibility index (Phi) is 21.3. The van der Waals surface area contributed by atoms with E-state index in [1.54, 1.807) is 0 Å². The summed E-state index contributed by atoms with van der Waals surface area (Å²) in [5.41, 5.74) is 11.3. The SMILES string of the molecule is CCC/C=C/CCCCCCCCCCCN(CCCN)CCCN. The summed E-state index contributed by atoms with van der Waals surface area (Å²) in [6.45, 7) is 7.35. The summed E-state index contributed by atoms with van der Waals surface area (Å²) in [5, 5.41) is 0. The molecule has 0 aromatic rings. The van der Waals surface area contributed by atoms with E-state index in [-0.39, 0.29) is 0 Å². The van der Waals surface area contributed by atoms with Crippen molar-refractivity contribution in [2.45, 2.75) is 96.8 Å². The van der Waals surface area contributed by atoms with Gasteiger partial charge in [0.05, 0.1) is 0 Å². The van der Waals surface area contributed by atoms with Gasteiger partial charge in [-0.25, -0.2) is 0 Å². The molecule has 0 fully saturated rings. The molecule has 0 unspecified atom stereocenters. The first kappa shape index (κ1) is 24.6. The van der Waals surface area contributed by atoms with Gasteiger partial charge in [-0.15, -0.1) is 0 Å². The highest BCUT2D eigenvalue weighted by molar-refractivity contribution is 4.80. The molecule has 0 aromatic heterocycles. The molecule has 25 heavy (non-hydrogen) atoms. The Hall–Kier alpha value is -0.380. The van der Waals surface area contributed by atoms with Crippen molar-refractivity contribution in [3.8, 4) is 0 Å². The van der Waals surface area contributed by atoms with Gasteiger partial charge in [-0.05, 0) is 71.2 Å². The van der Waals surface area contributed by atoms with Crippen molar-refractivity contribution < 1.29 is 0 Å². The molecule has 0 amide bonds. The van der Waals surface area contributed by atoms with Crippen LogP contribution < -0.4 is 11.5 Å². The van der Waals surface area contributed by atoms with Crippen LogP contribution in [0.1, 0.15) is 96.8 Å². The molecular weight excluding hydrogens is 306 g/mol. The van der Waals surface area contributed by atoms with Crippen LogP contribution in [0, 0.1) is 0 Å². The van der Waals surface area contributed by atoms with Gasteiger partial charge in [0.2, 0.25) is 0 Å². The average Bonchev–Trinajstić information content (AvgIpc) is 2.63. The van der Waals surface area contributed by atoms with Crippen LogP contribution in [0.2, 0.25) is 0 Å². The van der Waals surface area contributed by atoms with Crippen molar-refractivity contribution in [3.05, 3.63) is 12.2 Å². The fraction of sp³-hybridized carbons (Fsp3) is 0.909. The van der Waals surface area contributed by atoms with Crippen LogP contribution in [0.5, 0.6) is 0 Å². The zero-order valence-corrected chi connectivity index (χ0v) is 17.2. The zero-order chi connectivity index (χ0) is 18.4. The molecule has 0 aliphatic heterocycles. The molecule has 0 saturated heterocycles. The minimum Gasteiger partial charge on any atom is -0.330 e. The molecular formula is C22H47N3. The molecule has 0 bridgehead atoms. The maximum absolute atomic E-state index is 5.63. The predicted molar refractivity (Wildman–Crippen MR) is 114 cm³/mol. The van der Waals surface area contributed by atoms with Crippen LogP contribution in [0.15, 0.2) is 12.2 Å². The molecule has 0 atom stereocenters. The van der Waals surface area contributed by atoms with E-state index in [0.29, 0.717) is 0 Å². The van der Waals surface area contributed by atoms with Crippen LogP contribution in [0.4, 0.5) is 0 Å². The minimum atomic E-state index is 0.800. The summed E-state index contributed by atoms with van der Waals surface area (Å²) in [4.78, 5) is 2.55. The summed E-state index contributed by atoms with van der Waals surface area (Å²) < 4.78 is 0. The molecule has 4 N–H and O–H groups in total. The Morgan fingerprint density at radius 1 is 0.560 bits per heavy atom. The van der Waals surface area contributed by atoms with Crippen molar-refractivity contribution >= 4 is 0 Å². The van der Waals surface area contributed by atoms with Crippen LogP contribution in [-0.2, 0) is 0 Å². The molecule has 0 spiro atoms. The van der Waals surface area contributed by atoms with E-state index >= 15 is 0 Å². The predicted octanol–water partition coefficient (Wildman–Crippen LogP) is 5.24. The van der Waals surface area contributed by atoms with Crippen molar-refractivity contribution in [1.29, 1.82) is 0 Å². The Labute approximate surface area is 158 Å². The van der Waals surface area contributed by atoms with Gasteiger partial charge in [0, 0.05) is 0 Å². The fourth-order valence-corrected chi connectivity index (χ4v) is 3.20. The van der Waals surface area contributed by atoms with E-state index in [1.165, 1.54) is 83.6 Å². The quantitative estimate of drug-likeness (QED) is 0.232. The topological polar surface area (TPSA) is 55.3 Å². The maximum Gasteiger partial charge on any atom is -0.000671 e. The largest absolute Gasteiger partial charge is 0.330 e. The van der Waals surface area contributed by atoms with Gasteiger partial charge in [0.1, 0.15) is 0 Å². The van der Waals surface area contributed by atoms with Gasteiger partial charge >= 0.3 is 0 Å². The molecule has 3 heteroatoms. The summed E-state index contributed by atoms with van der Waals surface area (Å²) >= 11 is 0. The van der Waals surface area contributed by atoms with Gasteiger partial charge in [-0.3, -0.25) is 0 Å². The number of unbranched alkanes of at least 4 members (excludes halogenated alkanes) is 10. The van der Waals surface area contributed by atoms with Crippen LogP contribution in [-0.4, -0.2) is 37.6 Å². The highest BCUT2D eigenvalue weighted by Gasteiger charge is 2.03. The molecule has 150 valence electrons. The highest BCUT2D eigenvalue weighted by atomic mass is 15.1. The lowest BCUT2D eigenvalue weighted by atomic mass is 10.1. The number of nitrogens with zero attached hydrogens (tertiary/aromatic N) is 1. The number of allylic oxidation sites excluding steroid dienone is 2. The lowest BCUT2D eigenvalue weighted by molar-refractivity contribution is 0.263. The monoisotopic (exact) mass is 353 g/mol. The van der Waals surface area contributed by atoms with E-state index < -0.39 is 0 Å². The summed E-state index contributed by atoms with van der Waals surface area (Å²) in [6.07, 6.45) is 23.3. The van der Waals surface area contributed by atoms with Crippen molar-refractivity contribution in [1.82, 2.24) is 4.90 Å². The Balaban J connectivity index is 3.33. The summed E-state index contributed by atoms with van der Waals surface area (Å²) in [6, 6.07) is 0. The number of rotatable bonds is 20. The molecule has 3 nitrogen and oxygen atoms in total. The summed E-state index contributed by atoms with van der Waals surface area (Å²) in [7, 11) is 0. The van der Waals surface area contributed by atoms with E-state index in [2.05, 4.69) is 24.0 Å².